The summed E-state index contributed by atoms with van der Waals surface area (Å²) in [4.78, 5) is 12.7. The van der Waals surface area contributed by atoms with Gasteiger partial charge in [0.15, 0.2) is 0 Å². The summed E-state index contributed by atoms with van der Waals surface area (Å²) in [6.07, 6.45) is 0.837. The van der Waals surface area contributed by atoms with Crippen LogP contribution in [-0.2, 0) is 6.42 Å². The molecule has 0 atom stereocenters. The zero-order valence-corrected chi connectivity index (χ0v) is 16.5. The number of benzene rings is 2. The average molecular weight is 409 g/mol. The van der Waals surface area contributed by atoms with Crippen molar-refractivity contribution in [1.29, 1.82) is 0 Å². The zero-order chi connectivity index (χ0) is 18.3. The Morgan fingerprint density at radius 2 is 1.73 bits per heavy atom. The third kappa shape index (κ3) is 3.10. The number of aromatic nitrogens is 1. The van der Waals surface area contributed by atoms with E-state index < -0.39 is 0 Å². The highest BCUT2D eigenvalue weighted by molar-refractivity contribution is 9.10. The fourth-order valence-corrected chi connectivity index (χ4v) is 3.82. The molecule has 0 unspecified atom stereocenters. The topological polar surface area (TPSA) is 34.0 Å². The van der Waals surface area contributed by atoms with Crippen molar-refractivity contribution in [2.75, 3.05) is 6.54 Å². The lowest BCUT2D eigenvalue weighted by Crippen LogP contribution is -2.31. The van der Waals surface area contributed by atoms with Crippen molar-refractivity contribution in [1.82, 2.24) is 9.88 Å². The molecular formula is C22H21BrN2O. The lowest BCUT2D eigenvalue weighted by Gasteiger charge is -2.24. The standard InChI is InChI=1S/C22H21BrN2O/c1-22(2)13-20-18(21(26)24-14-22)12-19(15-6-4-3-5-7-15)25(20)17-10-8-16(23)9-11-17/h3-12H,13-14H2,1-2H3,(H,24,26). The van der Waals surface area contributed by atoms with Crippen LogP contribution in [0, 0.1) is 5.41 Å². The fourth-order valence-electron chi connectivity index (χ4n) is 3.56. The second-order valence-electron chi connectivity index (χ2n) is 7.59. The van der Waals surface area contributed by atoms with Gasteiger partial charge in [-0.1, -0.05) is 60.1 Å². The molecule has 4 rings (SSSR count). The molecule has 4 heteroatoms. The highest BCUT2D eigenvalue weighted by Gasteiger charge is 2.31. The van der Waals surface area contributed by atoms with Crippen LogP contribution in [0.1, 0.15) is 29.9 Å². The molecule has 2 heterocycles. The maximum Gasteiger partial charge on any atom is 0.253 e. The Balaban J connectivity index is 2.00. The van der Waals surface area contributed by atoms with Crippen LogP contribution in [0.25, 0.3) is 16.9 Å². The smallest absolute Gasteiger partial charge is 0.253 e. The van der Waals surface area contributed by atoms with Gasteiger partial charge in [-0.25, -0.2) is 0 Å². The Morgan fingerprint density at radius 3 is 2.42 bits per heavy atom. The quantitative estimate of drug-likeness (QED) is 0.619. The normalized spacial score (nSPS) is 15.9. The van der Waals surface area contributed by atoms with E-state index in [9.17, 15) is 4.79 Å². The minimum Gasteiger partial charge on any atom is -0.351 e. The average Bonchev–Trinajstić information content (AvgIpc) is 2.94. The largest absolute Gasteiger partial charge is 0.351 e. The maximum absolute atomic E-state index is 12.7. The summed E-state index contributed by atoms with van der Waals surface area (Å²) in [5.74, 6) is 0.0126. The fraction of sp³-hybridized carbons (Fsp3) is 0.227. The first-order valence-electron chi connectivity index (χ1n) is 8.79. The van der Waals surface area contributed by atoms with Crippen molar-refractivity contribution < 1.29 is 4.79 Å². The van der Waals surface area contributed by atoms with Gasteiger partial charge in [-0.2, -0.15) is 0 Å². The van der Waals surface area contributed by atoms with Gasteiger partial charge in [0.25, 0.3) is 5.91 Å². The van der Waals surface area contributed by atoms with Crippen LogP contribution in [0.5, 0.6) is 0 Å². The van der Waals surface area contributed by atoms with Gasteiger partial charge in [0.2, 0.25) is 0 Å². The van der Waals surface area contributed by atoms with Gasteiger partial charge >= 0.3 is 0 Å². The number of nitrogens with zero attached hydrogens (tertiary/aromatic N) is 1. The molecule has 3 nitrogen and oxygen atoms in total. The highest BCUT2D eigenvalue weighted by Crippen LogP contribution is 2.35. The van der Waals surface area contributed by atoms with Crippen LogP contribution >= 0.6 is 15.9 Å². The second-order valence-corrected chi connectivity index (χ2v) is 8.51. The number of carbonyl (C=O) groups is 1. The van der Waals surface area contributed by atoms with Crippen molar-refractivity contribution in [3.05, 3.63) is 76.4 Å². The maximum atomic E-state index is 12.7. The molecule has 132 valence electrons. The van der Waals surface area contributed by atoms with Crippen molar-refractivity contribution in [3.63, 3.8) is 0 Å². The first-order valence-corrected chi connectivity index (χ1v) is 9.58. The van der Waals surface area contributed by atoms with Crippen LogP contribution in [-0.4, -0.2) is 17.0 Å². The van der Waals surface area contributed by atoms with E-state index in [1.54, 1.807) is 0 Å². The molecule has 0 bridgehead atoms. The van der Waals surface area contributed by atoms with E-state index in [4.69, 9.17) is 0 Å². The van der Waals surface area contributed by atoms with Gasteiger partial charge < -0.3 is 9.88 Å². The summed E-state index contributed by atoms with van der Waals surface area (Å²) >= 11 is 3.51. The second kappa shape index (κ2) is 6.44. The Morgan fingerprint density at radius 1 is 1.04 bits per heavy atom. The van der Waals surface area contributed by atoms with Crippen molar-refractivity contribution in [2.24, 2.45) is 5.41 Å². The van der Waals surface area contributed by atoms with Gasteiger partial charge in [-0.05, 0) is 47.7 Å². The predicted octanol–water partition coefficient (Wildman–Crippen LogP) is 5.22. The van der Waals surface area contributed by atoms with E-state index in [-0.39, 0.29) is 11.3 Å². The zero-order valence-electron chi connectivity index (χ0n) is 14.9. The molecule has 1 aliphatic heterocycles. The number of nitrogens with one attached hydrogen (secondary N) is 1. The van der Waals surface area contributed by atoms with E-state index in [0.717, 1.165) is 39.1 Å². The van der Waals surface area contributed by atoms with Crippen LogP contribution in [0.15, 0.2) is 65.1 Å². The van der Waals surface area contributed by atoms with Crippen LogP contribution in [0.3, 0.4) is 0 Å². The van der Waals surface area contributed by atoms with Crippen LogP contribution < -0.4 is 5.32 Å². The number of amides is 1. The Labute approximate surface area is 162 Å². The predicted molar refractivity (Wildman–Crippen MR) is 109 cm³/mol. The van der Waals surface area contributed by atoms with Gasteiger partial charge in [0.05, 0.1) is 11.3 Å². The highest BCUT2D eigenvalue weighted by atomic mass is 79.9. The molecular weight excluding hydrogens is 388 g/mol. The minimum absolute atomic E-state index is 0.000332. The van der Waals surface area contributed by atoms with Gasteiger partial charge in [0, 0.05) is 22.4 Å². The van der Waals surface area contributed by atoms with E-state index in [1.165, 1.54) is 0 Å². The Kier molecular flexibility index (Phi) is 4.23. The number of hydrogen-bond acceptors (Lipinski definition) is 1. The summed E-state index contributed by atoms with van der Waals surface area (Å²) in [6.45, 7) is 5.08. The summed E-state index contributed by atoms with van der Waals surface area (Å²) in [5, 5.41) is 3.08. The Bertz CT molecular complexity index is 956. The molecule has 1 amide bonds. The van der Waals surface area contributed by atoms with Crippen molar-refractivity contribution in [3.8, 4) is 16.9 Å². The van der Waals surface area contributed by atoms with Gasteiger partial charge in [-0.3, -0.25) is 4.79 Å². The third-order valence-electron chi connectivity index (χ3n) is 4.88. The molecule has 0 spiro atoms. The SMILES string of the molecule is CC1(C)CNC(=O)c2cc(-c3ccccc3)n(-c3ccc(Br)cc3)c2C1. The molecule has 1 aromatic heterocycles. The number of carbonyl (C=O) groups excluding carboxylic acids is 1. The molecule has 0 saturated heterocycles. The lowest BCUT2D eigenvalue weighted by atomic mass is 9.88. The number of rotatable bonds is 2. The summed E-state index contributed by atoms with van der Waals surface area (Å²) in [7, 11) is 0. The molecule has 3 aromatic rings. The first-order chi connectivity index (χ1) is 12.4. The monoisotopic (exact) mass is 408 g/mol. The van der Waals surface area contributed by atoms with E-state index in [2.05, 4.69) is 63.9 Å². The van der Waals surface area contributed by atoms with Crippen molar-refractivity contribution in [2.45, 2.75) is 20.3 Å². The molecule has 26 heavy (non-hydrogen) atoms. The molecule has 2 aromatic carbocycles. The summed E-state index contributed by atoms with van der Waals surface area (Å²) < 4.78 is 3.28. The van der Waals surface area contributed by atoms with E-state index in [1.807, 2.05) is 36.4 Å². The van der Waals surface area contributed by atoms with Crippen LogP contribution in [0.2, 0.25) is 0 Å². The number of fused-ring (bicyclic) bond motifs is 1. The van der Waals surface area contributed by atoms with Crippen LogP contribution in [0.4, 0.5) is 0 Å². The molecule has 0 saturated carbocycles. The molecule has 0 radical (unpaired) electrons. The number of halogens is 1. The van der Waals surface area contributed by atoms with Crippen molar-refractivity contribution >= 4 is 21.8 Å². The lowest BCUT2D eigenvalue weighted by molar-refractivity contribution is 0.0945. The summed E-state index contributed by atoms with van der Waals surface area (Å²) in [6, 6.07) is 20.5. The summed E-state index contributed by atoms with van der Waals surface area (Å²) in [5.41, 5.74) is 5.07. The van der Waals surface area contributed by atoms with E-state index in [0.29, 0.717) is 6.54 Å². The Hall–Kier alpha value is -2.33. The van der Waals surface area contributed by atoms with Gasteiger partial charge in [0.1, 0.15) is 0 Å². The van der Waals surface area contributed by atoms with E-state index >= 15 is 0 Å². The molecule has 0 aliphatic carbocycles. The van der Waals surface area contributed by atoms with Gasteiger partial charge in [-0.15, -0.1) is 0 Å². The number of hydrogen-bond donors (Lipinski definition) is 1. The molecule has 1 aliphatic rings. The third-order valence-corrected chi connectivity index (χ3v) is 5.40. The minimum atomic E-state index is 0.000332. The molecule has 0 fully saturated rings. The first kappa shape index (κ1) is 17.1. The molecule has 1 N–H and O–H groups in total.